The summed E-state index contributed by atoms with van der Waals surface area (Å²) in [6, 6.07) is 7.07. The van der Waals surface area contributed by atoms with Gasteiger partial charge in [-0.2, -0.15) is 0 Å². The number of hydrogen-bond acceptors (Lipinski definition) is 1. The van der Waals surface area contributed by atoms with Crippen LogP contribution in [0.1, 0.15) is 36.1 Å². The van der Waals surface area contributed by atoms with Crippen molar-refractivity contribution in [1.82, 2.24) is 10.3 Å². The molecule has 100 valence electrons. The van der Waals surface area contributed by atoms with Gasteiger partial charge in [0.2, 0.25) is 0 Å². The predicted octanol–water partition coefficient (Wildman–Crippen LogP) is 3.20. The van der Waals surface area contributed by atoms with Crippen molar-refractivity contribution in [2.45, 2.75) is 38.5 Å². The van der Waals surface area contributed by atoms with Crippen LogP contribution in [0.15, 0.2) is 18.2 Å². The fourth-order valence-corrected chi connectivity index (χ4v) is 3.80. The molecule has 0 saturated carbocycles. The molecule has 1 fully saturated rings. The Balaban J connectivity index is 1.69. The Morgan fingerprint density at radius 2 is 2.11 bits per heavy atom. The van der Waals surface area contributed by atoms with Crippen molar-refractivity contribution < 1.29 is 0 Å². The van der Waals surface area contributed by atoms with E-state index in [2.05, 4.69) is 28.5 Å². The van der Waals surface area contributed by atoms with Crippen LogP contribution >= 0.6 is 0 Å². The fraction of sp³-hybridized carbons (Fsp3) is 0.529. The van der Waals surface area contributed by atoms with Crippen molar-refractivity contribution in [3.63, 3.8) is 0 Å². The summed E-state index contributed by atoms with van der Waals surface area (Å²) < 4.78 is 0. The van der Waals surface area contributed by atoms with E-state index < -0.39 is 0 Å². The molecule has 2 aromatic rings. The van der Waals surface area contributed by atoms with E-state index >= 15 is 0 Å². The molecule has 19 heavy (non-hydrogen) atoms. The largest absolute Gasteiger partial charge is 0.358 e. The topological polar surface area (TPSA) is 27.8 Å². The van der Waals surface area contributed by atoms with Gasteiger partial charge in [-0.1, -0.05) is 6.07 Å². The third kappa shape index (κ3) is 2.08. The lowest BCUT2D eigenvalue weighted by molar-refractivity contribution is 0.580. The predicted molar refractivity (Wildman–Crippen MR) is 79.6 cm³/mol. The summed E-state index contributed by atoms with van der Waals surface area (Å²) in [4.78, 5) is 3.62. The molecular formula is C17H22N2. The molecule has 1 saturated heterocycles. The Morgan fingerprint density at radius 1 is 1.16 bits per heavy atom. The number of H-pyrrole nitrogens is 1. The molecule has 0 bridgehead atoms. The maximum atomic E-state index is 3.62. The van der Waals surface area contributed by atoms with E-state index in [1.54, 1.807) is 5.56 Å². The van der Waals surface area contributed by atoms with Crippen molar-refractivity contribution >= 4 is 10.9 Å². The van der Waals surface area contributed by atoms with Gasteiger partial charge in [0.15, 0.2) is 0 Å². The molecule has 0 radical (unpaired) electrons. The molecule has 0 amide bonds. The summed E-state index contributed by atoms with van der Waals surface area (Å²) >= 11 is 0. The number of aryl methyl sites for hydroxylation is 2. The van der Waals surface area contributed by atoms with Crippen LogP contribution in [0.2, 0.25) is 0 Å². The first kappa shape index (κ1) is 11.5. The van der Waals surface area contributed by atoms with Crippen LogP contribution in [0.4, 0.5) is 0 Å². The van der Waals surface area contributed by atoms with E-state index in [-0.39, 0.29) is 0 Å². The lowest BCUT2D eigenvalue weighted by atomic mass is 9.93. The Hall–Kier alpha value is -1.28. The molecule has 1 unspecified atom stereocenters. The maximum absolute atomic E-state index is 3.62. The zero-order valence-corrected chi connectivity index (χ0v) is 11.5. The smallest absolute Gasteiger partial charge is 0.0459 e. The number of hydrogen-bond donors (Lipinski definition) is 2. The molecular weight excluding hydrogens is 232 g/mol. The van der Waals surface area contributed by atoms with Gasteiger partial charge in [0.25, 0.3) is 0 Å². The molecule has 0 spiro atoms. The van der Waals surface area contributed by atoms with Crippen molar-refractivity contribution in [3.05, 3.63) is 35.0 Å². The van der Waals surface area contributed by atoms with Crippen LogP contribution < -0.4 is 5.32 Å². The monoisotopic (exact) mass is 254 g/mol. The molecule has 2 heterocycles. The first-order valence-corrected chi connectivity index (χ1v) is 7.73. The summed E-state index contributed by atoms with van der Waals surface area (Å²) in [5, 5.41) is 4.97. The van der Waals surface area contributed by atoms with Crippen LogP contribution in [0.5, 0.6) is 0 Å². The molecule has 1 atom stereocenters. The molecule has 1 aliphatic carbocycles. The second-order valence-corrected chi connectivity index (χ2v) is 6.23. The van der Waals surface area contributed by atoms with Crippen molar-refractivity contribution in [3.8, 4) is 0 Å². The lowest BCUT2D eigenvalue weighted by Gasteiger charge is -2.11. The van der Waals surface area contributed by atoms with Crippen LogP contribution in [0, 0.1) is 5.92 Å². The number of aromatic nitrogens is 1. The first-order valence-electron chi connectivity index (χ1n) is 7.73. The Kier molecular flexibility index (Phi) is 2.84. The summed E-state index contributed by atoms with van der Waals surface area (Å²) in [7, 11) is 0. The summed E-state index contributed by atoms with van der Waals surface area (Å²) in [6.07, 6.45) is 7.79. The van der Waals surface area contributed by atoms with Gasteiger partial charge in [0, 0.05) is 16.6 Å². The maximum Gasteiger partial charge on any atom is 0.0459 e. The van der Waals surface area contributed by atoms with Gasteiger partial charge in [-0.15, -0.1) is 0 Å². The van der Waals surface area contributed by atoms with Gasteiger partial charge in [0.05, 0.1) is 0 Å². The van der Waals surface area contributed by atoms with E-state index in [1.165, 1.54) is 73.8 Å². The van der Waals surface area contributed by atoms with Gasteiger partial charge in [0.1, 0.15) is 0 Å². The molecule has 4 rings (SSSR count). The fourth-order valence-electron chi connectivity index (χ4n) is 3.80. The highest BCUT2D eigenvalue weighted by atomic mass is 14.9. The third-order valence-corrected chi connectivity index (χ3v) is 4.85. The van der Waals surface area contributed by atoms with Crippen LogP contribution in [0.3, 0.4) is 0 Å². The average Bonchev–Trinajstić information content (AvgIpc) is 3.06. The highest BCUT2D eigenvalue weighted by Crippen LogP contribution is 2.30. The Morgan fingerprint density at radius 3 is 3.00 bits per heavy atom. The van der Waals surface area contributed by atoms with Crippen LogP contribution in [0.25, 0.3) is 10.9 Å². The van der Waals surface area contributed by atoms with E-state index in [0.717, 1.165) is 5.92 Å². The zero-order chi connectivity index (χ0) is 12.7. The Bertz CT molecular complexity index is 591. The molecule has 1 aromatic carbocycles. The van der Waals surface area contributed by atoms with Gasteiger partial charge in [-0.25, -0.2) is 0 Å². The summed E-state index contributed by atoms with van der Waals surface area (Å²) in [5.41, 5.74) is 5.97. The highest BCUT2D eigenvalue weighted by molar-refractivity contribution is 5.85. The second-order valence-electron chi connectivity index (χ2n) is 6.23. The minimum atomic E-state index is 0.840. The van der Waals surface area contributed by atoms with Gasteiger partial charge >= 0.3 is 0 Å². The van der Waals surface area contributed by atoms with E-state index in [0.29, 0.717) is 0 Å². The first-order chi connectivity index (χ1) is 9.40. The number of benzene rings is 1. The number of aromatic amines is 1. The normalized spacial score (nSPS) is 22.8. The standard InChI is InChI=1S/C17H22N2/c1-2-4-16-14(3-1)15-10-12(5-6-17(15)19-16)9-13-7-8-18-11-13/h5-6,10,13,18-19H,1-4,7-9,11H2. The van der Waals surface area contributed by atoms with Gasteiger partial charge in [-0.05, 0) is 80.8 Å². The molecule has 1 aromatic heterocycles. The van der Waals surface area contributed by atoms with Gasteiger partial charge in [-0.3, -0.25) is 0 Å². The second kappa shape index (κ2) is 4.68. The molecule has 2 N–H and O–H groups in total. The van der Waals surface area contributed by atoms with Crippen molar-refractivity contribution in [1.29, 1.82) is 0 Å². The van der Waals surface area contributed by atoms with E-state index in [9.17, 15) is 0 Å². The van der Waals surface area contributed by atoms with E-state index in [1.807, 2.05) is 0 Å². The molecule has 2 nitrogen and oxygen atoms in total. The van der Waals surface area contributed by atoms with Crippen molar-refractivity contribution in [2.24, 2.45) is 5.92 Å². The minimum absolute atomic E-state index is 0.840. The summed E-state index contributed by atoms with van der Waals surface area (Å²) in [6.45, 7) is 2.40. The van der Waals surface area contributed by atoms with Crippen LogP contribution in [-0.4, -0.2) is 18.1 Å². The summed E-state index contributed by atoms with van der Waals surface area (Å²) in [5.74, 6) is 0.840. The number of nitrogens with one attached hydrogen (secondary N) is 2. The third-order valence-electron chi connectivity index (χ3n) is 4.85. The zero-order valence-electron chi connectivity index (χ0n) is 11.5. The molecule has 2 heteroatoms. The van der Waals surface area contributed by atoms with E-state index in [4.69, 9.17) is 0 Å². The SMILES string of the molecule is c1cc2[nH]c3c(c2cc1CC1CCNC1)CCCC3. The number of fused-ring (bicyclic) bond motifs is 3. The number of rotatable bonds is 2. The van der Waals surface area contributed by atoms with Crippen LogP contribution in [-0.2, 0) is 19.3 Å². The molecule has 2 aliphatic rings. The quantitative estimate of drug-likeness (QED) is 0.846. The van der Waals surface area contributed by atoms with Crippen molar-refractivity contribution in [2.75, 3.05) is 13.1 Å². The highest BCUT2D eigenvalue weighted by Gasteiger charge is 2.18. The average molecular weight is 254 g/mol. The van der Waals surface area contributed by atoms with Gasteiger partial charge < -0.3 is 10.3 Å². The Labute approximate surface area is 114 Å². The minimum Gasteiger partial charge on any atom is -0.358 e. The molecule has 1 aliphatic heterocycles. The lowest BCUT2D eigenvalue weighted by Crippen LogP contribution is -2.10.